The van der Waals surface area contributed by atoms with E-state index in [0.29, 0.717) is 12.2 Å². The third kappa shape index (κ3) is 4.02. The summed E-state index contributed by atoms with van der Waals surface area (Å²) in [6.45, 7) is 8.56. The van der Waals surface area contributed by atoms with Crippen molar-refractivity contribution in [2.75, 3.05) is 13.2 Å². The topological polar surface area (TPSA) is 77.7 Å². The van der Waals surface area contributed by atoms with Crippen molar-refractivity contribution in [1.29, 1.82) is 0 Å². The molecule has 2 heterocycles. The van der Waals surface area contributed by atoms with E-state index in [-0.39, 0.29) is 48.2 Å². The molecular formula is C21H32O6. The van der Waals surface area contributed by atoms with Gasteiger partial charge in [0.25, 0.3) is 0 Å². The Balaban J connectivity index is 1.19. The Labute approximate surface area is 161 Å². The first-order valence-corrected chi connectivity index (χ1v) is 10.3. The second-order valence-electron chi connectivity index (χ2n) is 10.2. The molecule has 2 aliphatic heterocycles. The minimum atomic E-state index is -0.403. The van der Waals surface area contributed by atoms with E-state index >= 15 is 0 Å². The van der Waals surface area contributed by atoms with E-state index in [1.165, 1.54) is 0 Å². The van der Waals surface area contributed by atoms with Crippen LogP contribution in [0.5, 0.6) is 0 Å². The lowest BCUT2D eigenvalue weighted by Gasteiger charge is -2.28. The first kappa shape index (κ1) is 19.2. The maximum atomic E-state index is 12.4. The van der Waals surface area contributed by atoms with Crippen molar-refractivity contribution in [1.82, 2.24) is 0 Å². The molecule has 6 nitrogen and oxygen atoms in total. The molecule has 0 aromatic rings. The van der Waals surface area contributed by atoms with E-state index in [2.05, 4.69) is 13.8 Å². The van der Waals surface area contributed by atoms with Crippen LogP contribution in [0, 0.1) is 17.3 Å². The summed E-state index contributed by atoms with van der Waals surface area (Å²) >= 11 is 0. The Morgan fingerprint density at radius 3 is 1.63 bits per heavy atom. The van der Waals surface area contributed by atoms with Gasteiger partial charge in [0.15, 0.2) is 0 Å². The molecule has 4 aliphatic rings. The Bertz CT molecular complexity index is 578. The molecule has 0 aromatic heterocycles. The van der Waals surface area contributed by atoms with E-state index in [0.717, 1.165) is 38.5 Å². The Morgan fingerprint density at radius 2 is 1.26 bits per heavy atom. The van der Waals surface area contributed by atoms with Gasteiger partial charge in [0, 0.05) is 5.41 Å². The normalized spacial score (nSPS) is 42.5. The van der Waals surface area contributed by atoms with Gasteiger partial charge in [0.1, 0.15) is 0 Å². The van der Waals surface area contributed by atoms with Gasteiger partial charge in [-0.2, -0.15) is 0 Å². The van der Waals surface area contributed by atoms with E-state index in [1.807, 2.05) is 13.8 Å². The molecule has 0 spiro atoms. The molecular weight excluding hydrogens is 348 g/mol. The summed E-state index contributed by atoms with van der Waals surface area (Å²) in [4.78, 5) is 24.8. The number of carbonyl (C=O) groups excluding carboxylic acids is 2. The quantitative estimate of drug-likeness (QED) is 0.521. The van der Waals surface area contributed by atoms with Crippen LogP contribution in [0.25, 0.3) is 0 Å². The average molecular weight is 380 g/mol. The monoisotopic (exact) mass is 380 g/mol. The van der Waals surface area contributed by atoms with Crippen LogP contribution in [-0.4, -0.2) is 48.6 Å². The number of rotatable bonds is 6. The van der Waals surface area contributed by atoms with E-state index in [4.69, 9.17) is 18.9 Å². The zero-order chi connectivity index (χ0) is 19.4. The lowest BCUT2D eigenvalue weighted by atomic mass is 9.82. The van der Waals surface area contributed by atoms with Gasteiger partial charge in [-0.3, -0.25) is 9.59 Å². The molecule has 0 aromatic carbocycles. The molecule has 6 unspecified atom stereocenters. The summed E-state index contributed by atoms with van der Waals surface area (Å²) in [6.07, 6.45) is 5.68. The van der Waals surface area contributed by atoms with Gasteiger partial charge < -0.3 is 18.9 Å². The zero-order valence-electron chi connectivity index (χ0n) is 16.9. The fourth-order valence-corrected chi connectivity index (χ4v) is 4.77. The Hall–Kier alpha value is -1.14. The summed E-state index contributed by atoms with van der Waals surface area (Å²) < 4.78 is 22.5. The maximum absolute atomic E-state index is 12.4. The van der Waals surface area contributed by atoms with E-state index in [1.54, 1.807) is 0 Å². The fraction of sp³-hybridized carbons (Fsp3) is 0.905. The lowest BCUT2D eigenvalue weighted by Crippen LogP contribution is -2.35. The number of esters is 2. The van der Waals surface area contributed by atoms with E-state index in [9.17, 15) is 9.59 Å². The number of epoxide rings is 2. The van der Waals surface area contributed by atoms with Gasteiger partial charge in [-0.05, 0) is 52.4 Å². The van der Waals surface area contributed by atoms with E-state index < -0.39 is 5.41 Å². The van der Waals surface area contributed by atoms with Gasteiger partial charge in [0.2, 0.25) is 0 Å². The molecule has 0 bridgehead atoms. The Morgan fingerprint density at radius 1 is 0.852 bits per heavy atom. The molecule has 2 aliphatic carbocycles. The highest BCUT2D eigenvalue weighted by Crippen LogP contribution is 2.50. The van der Waals surface area contributed by atoms with Crippen LogP contribution in [0.15, 0.2) is 0 Å². The minimum Gasteiger partial charge on any atom is -0.465 e. The molecule has 152 valence electrons. The van der Waals surface area contributed by atoms with Crippen molar-refractivity contribution < 1.29 is 28.5 Å². The van der Waals surface area contributed by atoms with Gasteiger partial charge in [-0.15, -0.1) is 0 Å². The standard InChI is InChI=1S/C21H32O6/c1-19(2,11-24-17(22)13-5-7-15-20(3,9-13)26-15)12-25-18(23)14-6-8-16-21(4,10-14)27-16/h13-16H,5-12H2,1-4H3. The second kappa shape index (κ2) is 6.45. The first-order valence-electron chi connectivity index (χ1n) is 10.3. The zero-order valence-corrected chi connectivity index (χ0v) is 16.9. The highest BCUT2D eigenvalue weighted by atomic mass is 16.6. The maximum Gasteiger partial charge on any atom is 0.309 e. The molecule has 6 heteroatoms. The van der Waals surface area contributed by atoms with Crippen LogP contribution in [-0.2, 0) is 28.5 Å². The number of fused-ring (bicyclic) bond motifs is 2. The first-order chi connectivity index (χ1) is 12.6. The van der Waals surface area contributed by atoms with Crippen molar-refractivity contribution in [2.24, 2.45) is 17.3 Å². The SMILES string of the molecule is CC(C)(COC(=O)C1CCC2OC2(C)C1)COC(=O)C1CCC2OC2(C)C1. The molecule has 6 atom stereocenters. The van der Waals surface area contributed by atoms with Crippen molar-refractivity contribution >= 4 is 11.9 Å². The van der Waals surface area contributed by atoms with Crippen molar-refractivity contribution in [3.05, 3.63) is 0 Å². The van der Waals surface area contributed by atoms with Crippen LogP contribution in [0.1, 0.15) is 66.2 Å². The number of ether oxygens (including phenoxy) is 4. The minimum absolute atomic E-state index is 0.0819. The van der Waals surface area contributed by atoms with Crippen molar-refractivity contribution in [2.45, 2.75) is 89.6 Å². The summed E-state index contributed by atoms with van der Waals surface area (Å²) in [5, 5.41) is 0. The molecule has 0 radical (unpaired) electrons. The molecule has 27 heavy (non-hydrogen) atoms. The van der Waals surface area contributed by atoms with Crippen LogP contribution in [0.4, 0.5) is 0 Å². The number of carbonyl (C=O) groups is 2. The van der Waals surface area contributed by atoms with Gasteiger partial charge in [-0.25, -0.2) is 0 Å². The average Bonchev–Trinajstić information content (AvgIpc) is 3.48. The van der Waals surface area contributed by atoms with Gasteiger partial charge >= 0.3 is 11.9 Å². The third-order valence-corrected chi connectivity index (χ3v) is 6.81. The fourth-order valence-electron chi connectivity index (χ4n) is 4.77. The van der Waals surface area contributed by atoms with Crippen LogP contribution < -0.4 is 0 Å². The summed E-state index contributed by atoms with van der Waals surface area (Å²) in [5.41, 5.74) is -0.637. The molecule has 0 amide bonds. The van der Waals surface area contributed by atoms with Crippen molar-refractivity contribution in [3.63, 3.8) is 0 Å². The van der Waals surface area contributed by atoms with Crippen molar-refractivity contribution in [3.8, 4) is 0 Å². The van der Waals surface area contributed by atoms with Crippen LogP contribution in [0.2, 0.25) is 0 Å². The molecule has 4 fully saturated rings. The highest BCUT2D eigenvalue weighted by Gasteiger charge is 2.57. The second-order valence-corrected chi connectivity index (χ2v) is 10.2. The smallest absolute Gasteiger partial charge is 0.309 e. The predicted molar refractivity (Wildman–Crippen MR) is 96.9 cm³/mol. The van der Waals surface area contributed by atoms with Gasteiger partial charge in [0.05, 0.1) is 48.5 Å². The molecule has 2 saturated heterocycles. The summed E-state index contributed by atoms with van der Waals surface area (Å²) in [5.74, 6) is -0.466. The molecule has 0 N–H and O–H groups in total. The van der Waals surface area contributed by atoms with Gasteiger partial charge in [-0.1, -0.05) is 13.8 Å². The largest absolute Gasteiger partial charge is 0.465 e. The number of hydrogen-bond acceptors (Lipinski definition) is 6. The Kier molecular flexibility index (Phi) is 4.58. The lowest BCUT2D eigenvalue weighted by molar-refractivity contribution is -0.159. The summed E-state index contributed by atoms with van der Waals surface area (Å²) in [7, 11) is 0. The molecule has 2 saturated carbocycles. The highest BCUT2D eigenvalue weighted by molar-refractivity contribution is 5.73. The van der Waals surface area contributed by atoms with Crippen LogP contribution in [0.3, 0.4) is 0 Å². The predicted octanol–water partition coefficient (Wildman–Crippen LogP) is 3.01. The third-order valence-electron chi connectivity index (χ3n) is 6.81. The van der Waals surface area contributed by atoms with Crippen LogP contribution >= 0.6 is 0 Å². The molecule has 4 rings (SSSR count). The number of hydrogen-bond donors (Lipinski definition) is 0. The summed E-state index contributed by atoms with van der Waals surface area (Å²) in [6, 6.07) is 0.